The van der Waals surface area contributed by atoms with Gasteiger partial charge in [0, 0.05) is 18.6 Å². The molecule has 92 valence electrons. The summed E-state index contributed by atoms with van der Waals surface area (Å²) in [5, 5.41) is 0. The highest BCUT2D eigenvalue weighted by atomic mass is 32.2. The van der Waals surface area contributed by atoms with Crippen LogP contribution in [-0.2, 0) is 14.6 Å². The Kier molecular flexibility index (Phi) is 3.31. The van der Waals surface area contributed by atoms with E-state index < -0.39 is 9.84 Å². The summed E-state index contributed by atoms with van der Waals surface area (Å²) in [4.78, 5) is 11.9. The van der Waals surface area contributed by atoms with E-state index in [2.05, 4.69) is 4.74 Å². The van der Waals surface area contributed by atoms with Gasteiger partial charge in [0.25, 0.3) is 0 Å². The quantitative estimate of drug-likeness (QED) is 0.750. The molecule has 0 amide bonds. The van der Waals surface area contributed by atoms with Crippen LogP contribution in [0.1, 0.15) is 23.2 Å². The van der Waals surface area contributed by atoms with Crippen molar-refractivity contribution in [1.82, 2.24) is 0 Å². The van der Waals surface area contributed by atoms with Gasteiger partial charge in [-0.05, 0) is 25.0 Å². The van der Waals surface area contributed by atoms with Crippen LogP contribution in [0, 0.1) is 5.92 Å². The van der Waals surface area contributed by atoms with Gasteiger partial charge in [0.2, 0.25) is 9.84 Å². The average Bonchev–Trinajstić information content (AvgIpc) is 3.12. The number of hydrogen-bond donors (Lipinski definition) is 0. The molecule has 2 rings (SSSR count). The van der Waals surface area contributed by atoms with Gasteiger partial charge >= 0.3 is 0 Å². The van der Waals surface area contributed by atoms with Crippen LogP contribution in [0.2, 0.25) is 0 Å². The van der Waals surface area contributed by atoms with Crippen LogP contribution in [0.4, 0.5) is 0 Å². The normalized spacial score (nSPS) is 15.8. The number of carbonyl (C=O) groups is 1. The molecule has 1 aromatic rings. The minimum atomic E-state index is -3.39. The first-order valence-corrected chi connectivity index (χ1v) is 7.06. The molecule has 0 aliphatic heterocycles. The maximum atomic E-state index is 11.7. The molecule has 1 aromatic carbocycles. The van der Waals surface area contributed by atoms with Crippen molar-refractivity contribution >= 4 is 15.6 Å². The Bertz CT molecular complexity index is 512. The lowest BCUT2D eigenvalue weighted by molar-refractivity contribution is 0.0967. The molecule has 0 bridgehead atoms. The monoisotopic (exact) mass is 254 g/mol. The standard InChI is InChI=1S/C12H14O4S/c1-16-8-17(14,15)11-6-4-10(5-7-11)12(13)9-2-3-9/h4-7,9H,2-3,8H2,1H3. The summed E-state index contributed by atoms with van der Waals surface area (Å²) in [6, 6.07) is 6.07. The molecule has 0 spiro atoms. The summed E-state index contributed by atoms with van der Waals surface area (Å²) in [7, 11) is -2.06. The van der Waals surface area contributed by atoms with E-state index in [0.717, 1.165) is 12.8 Å². The van der Waals surface area contributed by atoms with Gasteiger partial charge in [-0.1, -0.05) is 12.1 Å². The first-order chi connectivity index (χ1) is 8.04. The molecule has 0 atom stereocenters. The predicted octanol–water partition coefficient (Wildman–Crippen LogP) is 1.66. The van der Waals surface area contributed by atoms with Crippen molar-refractivity contribution < 1.29 is 17.9 Å². The number of rotatable bonds is 5. The van der Waals surface area contributed by atoms with Gasteiger partial charge in [-0.25, -0.2) is 8.42 Å². The molecule has 1 aliphatic carbocycles. The van der Waals surface area contributed by atoms with Crippen molar-refractivity contribution in [3.05, 3.63) is 29.8 Å². The summed E-state index contributed by atoms with van der Waals surface area (Å²) < 4.78 is 27.9. The SMILES string of the molecule is COCS(=O)(=O)c1ccc(C(=O)C2CC2)cc1. The third kappa shape index (κ3) is 2.73. The molecule has 1 aliphatic rings. The van der Waals surface area contributed by atoms with E-state index in [4.69, 9.17) is 0 Å². The third-order valence-electron chi connectivity index (χ3n) is 2.72. The van der Waals surface area contributed by atoms with Crippen LogP contribution in [-0.4, -0.2) is 27.2 Å². The molecule has 1 saturated carbocycles. The number of ketones is 1. The van der Waals surface area contributed by atoms with E-state index in [1.165, 1.54) is 19.2 Å². The van der Waals surface area contributed by atoms with Crippen LogP contribution in [0.15, 0.2) is 29.2 Å². The summed E-state index contributed by atoms with van der Waals surface area (Å²) >= 11 is 0. The lowest BCUT2D eigenvalue weighted by atomic mass is 10.1. The number of benzene rings is 1. The Morgan fingerprint density at radius 2 is 1.88 bits per heavy atom. The van der Waals surface area contributed by atoms with E-state index >= 15 is 0 Å². The van der Waals surface area contributed by atoms with Crippen LogP contribution in [0.25, 0.3) is 0 Å². The van der Waals surface area contributed by atoms with Gasteiger partial charge in [-0.15, -0.1) is 0 Å². The Hall–Kier alpha value is -1.20. The van der Waals surface area contributed by atoms with Gasteiger partial charge in [0.1, 0.15) is 0 Å². The molecule has 0 radical (unpaired) electrons. The fraction of sp³-hybridized carbons (Fsp3) is 0.417. The smallest absolute Gasteiger partial charge is 0.202 e. The van der Waals surface area contributed by atoms with Crippen molar-refractivity contribution in [3.8, 4) is 0 Å². The Morgan fingerprint density at radius 1 is 1.29 bits per heavy atom. The van der Waals surface area contributed by atoms with E-state index in [-0.39, 0.29) is 22.5 Å². The van der Waals surface area contributed by atoms with Crippen LogP contribution < -0.4 is 0 Å². The molecule has 0 unspecified atom stereocenters. The third-order valence-corrected chi connectivity index (χ3v) is 4.26. The number of ether oxygens (including phenoxy) is 1. The fourth-order valence-electron chi connectivity index (χ4n) is 1.63. The molecule has 1 fully saturated rings. The molecule has 0 N–H and O–H groups in total. The van der Waals surface area contributed by atoms with E-state index in [9.17, 15) is 13.2 Å². The zero-order valence-corrected chi connectivity index (χ0v) is 10.4. The zero-order valence-electron chi connectivity index (χ0n) is 9.55. The number of carbonyl (C=O) groups excluding carboxylic acids is 1. The second-order valence-electron chi connectivity index (χ2n) is 4.18. The number of methoxy groups -OCH3 is 1. The van der Waals surface area contributed by atoms with Gasteiger partial charge in [-0.2, -0.15) is 0 Å². The summed E-state index contributed by atoms with van der Waals surface area (Å²) in [6.45, 7) is 0. The van der Waals surface area contributed by atoms with Gasteiger partial charge < -0.3 is 4.74 Å². The maximum absolute atomic E-state index is 11.7. The second-order valence-corrected chi connectivity index (χ2v) is 6.12. The van der Waals surface area contributed by atoms with Crippen molar-refractivity contribution in [2.45, 2.75) is 17.7 Å². The topological polar surface area (TPSA) is 60.4 Å². The van der Waals surface area contributed by atoms with Crippen molar-refractivity contribution in [2.75, 3.05) is 13.0 Å². The minimum absolute atomic E-state index is 0.112. The second kappa shape index (κ2) is 4.58. The van der Waals surface area contributed by atoms with E-state index in [1.807, 2.05) is 0 Å². The fourth-order valence-corrected chi connectivity index (χ4v) is 2.63. The van der Waals surface area contributed by atoms with Gasteiger partial charge in [0.15, 0.2) is 11.7 Å². The average molecular weight is 254 g/mol. The van der Waals surface area contributed by atoms with Crippen LogP contribution in [0.3, 0.4) is 0 Å². The number of sulfone groups is 1. The highest BCUT2D eigenvalue weighted by Crippen LogP contribution is 2.32. The molecule has 17 heavy (non-hydrogen) atoms. The van der Waals surface area contributed by atoms with E-state index in [1.54, 1.807) is 12.1 Å². The molecular weight excluding hydrogens is 240 g/mol. The minimum Gasteiger partial charge on any atom is -0.368 e. The van der Waals surface area contributed by atoms with Crippen molar-refractivity contribution in [1.29, 1.82) is 0 Å². The van der Waals surface area contributed by atoms with Gasteiger partial charge in [0.05, 0.1) is 4.90 Å². The first kappa shape index (κ1) is 12.3. The largest absolute Gasteiger partial charge is 0.368 e. The first-order valence-electron chi connectivity index (χ1n) is 5.40. The van der Waals surface area contributed by atoms with Crippen LogP contribution in [0.5, 0.6) is 0 Å². The molecule has 4 nitrogen and oxygen atoms in total. The van der Waals surface area contributed by atoms with Crippen molar-refractivity contribution in [3.63, 3.8) is 0 Å². The van der Waals surface area contributed by atoms with Gasteiger partial charge in [-0.3, -0.25) is 4.79 Å². The highest BCUT2D eigenvalue weighted by Gasteiger charge is 2.30. The summed E-state index contributed by atoms with van der Waals surface area (Å²) in [5.74, 6) is -0.0831. The molecule has 5 heteroatoms. The van der Waals surface area contributed by atoms with E-state index in [0.29, 0.717) is 5.56 Å². The molecule has 0 aromatic heterocycles. The van der Waals surface area contributed by atoms with Crippen LogP contribution >= 0.6 is 0 Å². The Morgan fingerprint density at radius 3 is 2.35 bits per heavy atom. The Balaban J connectivity index is 2.20. The molecular formula is C12H14O4S. The number of hydrogen-bond acceptors (Lipinski definition) is 4. The maximum Gasteiger partial charge on any atom is 0.202 e. The molecule has 0 heterocycles. The Labute approximate surface area is 101 Å². The lowest BCUT2D eigenvalue weighted by Gasteiger charge is -2.04. The number of Topliss-reactive ketones (excluding diaryl/α,β-unsaturated/α-hetero) is 1. The zero-order chi connectivity index (χ0) is 12.5. The highest BCUT2D eigenvalue weighted by molar-refractivity contribution is 7.91. The summed E-state index contributed by atoms with van der Waals surface area (Å²) in [5.41, 5.74) is 0.587. The molecule has 0 saturated heterocycles. The summed E-state index contributed by atoms with van der Waals surface area (Å²) in [6.07, 6.45) is 1.89. The predicted molar refractivity (Wildman–Crippen MR) is 62.6 cm³/mol. The lowest BCUT2D eigenvalue weighted by Crippen LogP contribution is -2.09. The van der Waals surface area contributed by atoms with Crippen molar-refractivity contribution in [2.24, 2.45) is 5.92 Å².